The van der Waals surface area contributed by atoms with Crippen LogP contribution < -0.4 is 0 Å². The van der Waals surface area contributed by atoms with Gasteiger partial charge >= 0.3 is 5.97 Å². The summed E-state index contributed by atoms with van der Waals surface area (Å²) in [7, 11) is 0. The molecule has 0 atom stereocenters. The van der Waals surface area contributed by atoms with Gasteiger partial charge in [-0.15, -0.1) is 5.10 Å². The number of nitrogens with zero attached hydrogens (tertiary/aromatic N) is 5. The summed E-state index contributed by atoms with van der Waals surface area (Å²) in [5.74, 6) is 0.359. The lowest BCUT2D eigenvalue weighted by molar-refractivity contribution is 0.0696. The largest absolute Gasteiger partial charge is 0.478 e. The SMILES string of the molecule is CCCn1nnnc1CSc1cc(C(=O)O)ccn1. The zero-order valence-electron chi connectivity index (χ0n) is 10.4. The van der Waals surface area contributed by atoms with Gasteiger partial charge in [0.05, 0.1) is 16.3 Å². The minimum Gasteiger partial charge on any atom is -0.478 e. The fourth-order valence-electron chi connectivity index (χ4n) is 1.47. The number of thioether (sulfide) groups is 1. The van der Waals surface area contributed by atoms with E-state index in [4.69, 9.17) is 5.11 Å². The van der Waals surface area contributed by atoms with E-state index in [1.54, 1.807) is 10.7 Å². The van der Waals surface area contributed by atoms with Gasteiger partial charge in [0, 0.05) is 12.7 Å². The fraction of sp³-hybridized carbons (Fsp3) is 0.364. The minimum atomic E-state index is -0.958. The number of hydrogen-bond donors (Lipinski definition) is 1. The van der Waals surface area contributed by atoms with E-state index in [0.29, 0.717) is 10.8 Å². The van der Waals surface area contributed by atoms with Crippen molar-refractivity contribution in [3.63, 3.8) is 0 Å². The molecule has 0 fully saturated rings. The van der Waals surface area contributed by atoms with Gasteiger partial charge in [-0.05, 0) is 29.0 Å². The number of pyridine rings is 1. The number of aryl methyl sites for hydroxylation is 1. The maximum atomic E-state index is 10.9. The molecular weight excluding hydrogens is 266 g/mol. The summed E-state index contributed by atoms with van der Waals surface area (Å²) in [6, 6.07) is 3.01. The molecule has 0 unspecified atom stereocenters. The molecule has 2 aromatic heterocycles. The molecule has 0 aromatic carbocycles. The second-order valence-electron chi connectivity index (χ2n) is 3.79. The highest BCUT2D eigenvalue weighted by Crippen LogP contribution is 2.20. The zero-order chi connectivity index (χ0) is 13.7. The maximum Gasteiger partial charge on any atom is 0.335 e. The Balaban J connectivity index is 2.04. The van der Waals surface area contributed by atoms with Crippen molar-refractivity contribution >= 4 is 17.7 Å². The Kier molecular flexibility index (Phi) is 4.45. The van der Waals surface area contributed by atoms with Gasteiger partial charge in [0.15, 0.2) is 5.82 Å². The normalized spacial score (nSPS) is 10.6. The van der Waals surface area contributed by atoms with E-state index in [9.17, 15) is 4.79 Å². The molecule has 0 saturated heterocycles. The van der Waals surface area contributed by atoms with Crippen molar-refractivity contribution in [2.24, 2.45) is 0 Å². The first kappa shape index (κ1) is 13.5. The van der Waals surface area contributed by atoms with E-state index in [1.807, 2.05) is 0 Å². The van der Waals surface area contributed by atoms with Crippen LogP contribution in [0.4, 0.5) is 0 Å². The second kappa shape index (κ2) is 6.28. The van der Waals surface area contributed by atoms with E-state index >= 15 is 0 Å². The molecule has 8 heteroatoms. The first-order chi connectivity index (χ1) is 9.20. The van der Waals surface area contributed by atoms with E-state index in [1.165, 1.54) is 24.0 Å². The van der Waals surface area contributed by atoms with Crippen molar-refractivity contribution in [2.75, 3.05) is 0 Å². The lowest BCUT2D eigenvalue weighted by atomic mass is 10.3. The minimum absolute atomic E-state index is 0.227. The third-order valence-corrected chi connectivity index (χ3v) is 3.29. The van der Waals surface area contributed by atoms with E-state index < -0.39 is 5.97 Å². The van der Waals surface area contributed by atoms with Gasteiger partial charge in [0.2, 0.25) is 0 Å². The molecule has 2 heterocycles. The summed E-state index contributed by atoms with van der Waals surface area (Å²) >= 11 is 1.41. The van der Waals surface area contributed by atoms with Crippen LogP contribution in [0.5, 0.6) is 0 Å². The molecule has 0 spiro atoms. The summed E-state index contributed by atoms with van der Waals surface area (Å²) in [5, 5.41) is 21.0. The fourth-order valence-corrected chi connectivity index (χ4v) is 2.30. The number of carboxylic acids is 1. The van der Waals surface area contributed by atoms with E-state index in [2.05, 4.69) is 27.4 Å². The smallest absolute Gasteiger partial charge is 0.335 e. The monoisotopic (exact) mass is 279 g/mol. The van der Waals surface area contributed by atoms with Crippen LogP contribution in [-0.4, -0.2) is 36.3 Å². The Labute approximate surface area is 114 Å². The molecule has 0 aliphatic carbocycles. The predicted molar refractivity (Wildman–Crippen MR) is 68.9 cm³/mol. The van der Waals surface area contributed by atoms with Gasteiger partial charge in [-0.1, -0.05) is 18.7 Å². The molecule has 19 heavy (non-hydrogen) atoms. The van der Waals surface area contributed by atoms with Crippen LogP contribution in [0.15, 0.2) is 23.4 Å². The van der Waals surface area contributed by atoms with Gasteiger partial charge in [0.1, 0.15) is 0 Å². The molecule has 0 radical (unpaired) electrons. The van der Waals surface area contributed by atoms with E-state index in [-0.39, 0.29) is 5.56 Å². The molecule has 0 bridgehead atoms. The Morgan fingerprint density at radius 1 is 1.53 bits per heavy atom. The molecule has 0 aliphatic rings. The van der Waals surface area contributed by atoms with Gasteiger partial charge in [-0.3, -0.25) is 0 Å². The summed E-state index contributed by atoms with van der Waals surface area (Å²) in [6.07, 6.45) is 2.44. The predicted octanol–water partition coefficient (Wildman–Crippen LogP) is 1.47. The topological polar surface area (TPSA) is 93.8 Å². The molecule has 0 amide bonds. The summed E-state index contributed by atoms with van der Waals surface area (Å²) in [5.41, 5.74) is 0.227. The Morgan fingerprint density at radius 2 is 2.37 bits per heavy atom. The van der Waals surface area contributed by atoms with Crippen LogP contribution in [0, 0.1) is 0 Å². The molecule has 7 nitrogen and oxygen atoms in total. The van der Waals surface area contributed by atoms with Crippen LogP contribution >= 0.6 is 11.8 Å². The van der Waals surface area contributed by atoms with Crippen LogP contribution in [0.25, 0.3) is 0 Å². The number of aromatic carboxylic acids is 1. The first-order valence-electron chi connectivity index (χ1n) is 5.78. The second-order valence-corrected chi connectivity index (χ2v) is 4.79. The number of carboxylic acid groups (broad SMARTS) is 1. The number of carbonyl (C=O) groups is 1. The highest BCUT2D eigenvalue weighted by Gasteiger charge is 2.08. The average molecular weight is 279 g/mol. The number of rotatable bonds is 6. The molecule has 2 rings (SSSR count). The third-order valence-electron chi connectivity index (χ3n) is 2.37. The Bertz CT molecular complexity index is 572. The first-order valence-corrected chi connectivity index (χ1v) is 6.76. The highest BCUT2D eigenvalue weighted by atomic mass is 32.2. The van der Waals surface area contributed by atoms with Gasteiger partial charge < -0.3 is 5.11 Å². The zero-order valence-corrected chi connectivity index (χ0v) is 11.2. The van der Waals surface area contributed by atoms with Crippen LogP contribution in [0.3, 0.4) is 0 Å². The molecule has 100 valence electrons. The van der Waals surface area contributed by atoms with Crippen LogP contribution in [0.2, 0.25) is 0 Å². The molecular formula is C11H13N5O2S. The molecule has 2 aromatic rings. The number of hydrogen-bond acceptors (Lipinski definition) is 6. The van der Waals surface area contributed by atoms with Crippen molar-refractivity contribution in [2.45, 2.75) is 30.7 Å². The van der Waals surface area contributed by atoms with Gasteiger partial charge in [0.25, 0.3) is 0 Å². The summed E-state index contributed by atoms with van der Waals surface area (Å²) in [4.78, 5) is 15.0. The average Bonchev–Trinajstić information content (AvgIpc) is 2.85. The van der Waals surface area contributed by atoms with Gasteiger partial charge in [-0.2, -0.15) is 0 Å². The van der Waals surface area contributed by atoms with Crippen molar-refractivity contribution in [1.82, 2.24) is 25.2 Å². The van der Waals surface area contributed by atoms with Crippen LogP contribution in [-0.2, 0) is 12.3 Å². The van der Waals surface area contributed by atoms with Crippen molar-refractivity contribution in [3.8, 4) is 0 Å². The summed E-state index contributed by atoms with van der Waals surface area (Å²) < 4.78 is 1.74. The molecule has 1 N–H and O–H groups in total. The standard InChI is InChI=1S/C11H13N5O2S/c1-2-5-16-9(13-14-15-16)7-19-10-6-8(11(17)18)3-4-12-10/h3-4,6H,2,5,7H2,1H3,(H,17,18). The van der Waals surface area contributed by atoms with Crippen molar-refractivity contribution < 1.29 is 9.90 Å². The Hall–Kier alpha value is -1.96. The number of tetrazole rings is 1. The van der Waals surface area contributed by atoms with Crippen molar-refractivity contribution in [3.05, 3.63) is 29.7 Å². The maximum absolute atomic E-state index is 10.9. The van der Waals surface area contributed by atoms with Gasteiger partial charge in [-0.25, -0.2) is 14.5 Å². The molecule has 0 saturated carbocycles. The van der Waals surface area contributed by atoms with Crippen molar-refractivity contribution in [1.29, 1.82) is 0 Å². The van der Waals surface area contributed by atoms with E-state index in [0.717, 1.165) is 18.8 Å². The van der Waals surface area contributed by atoms with Crippen LogP contribution in [0.1, 0.15) is 29.5 Å². The third kappa shape index (κ3) is 3.50. The Morgan fingerprint density at radius 3 is 3.11 bits per heavy atom. The number of aromatic nitrogens is 5. The highest BCUT2D eigenvalue weighted by molar-refractivity contribution is 7.98. The summed E-state index contributed by atoms with van der Waals surface area (Å²) in [6.45, 7) is 2.82. The quantitative estimate of drug-likeness (QED) is 0.800. The molecule has 0 aliphatic heterocycles. The lowest BCUT2D eigenvalue weighted by Gasteiger charge is -2.03. The lowest BCUT2D eigenvalue weighted by Crippen LogP contribution is -2.04.